The fourth-order valence-electron chi connectivity index (χ4n) is 2.93. The standard InChI is InChI=1S/C20H21BrN2O/c21-19-10-8-18(9-11-19)20(24)23-15-13-22(14-16-23)12-4-7-17-5-2-1-3-6-17/h1-11H,12-16H2/p+1/b7-4+. The number of nitrogens with zero attached hydrogens (tertiary/aromatic N) is 1. The van der Waals surface area contributed by atoms with Crippen molar-refractivity contribution in [2.45, 2.75) is 0 Å². The van der Waals surface area contributed by atoms with E-state index in [-0.39, 0.29) is 5.91 Å². The number of rotatable bonds is 4. The van der Waals surface area contributed by atoms with Gasteiger partial charge >= 0.3 is 0 Å². The molecule has 1 amide bonds. The number of carbonyl (C=O) groups excluding carboxylic acids is 1. The minimum Gasteiger partial charge on any atom is -0.329 e. The summed E-state index contributed by atoms with van der Waals surface area (Å²) in [6.07, 6.45) is 4.41. The van der Waals surface area contributed by atoms with Crippen molar-refractivity contribution < 1.29 is 9.69 Å². The number of benzene rings is 2. The van der Waals surface area contributed by atoms with Crippen LogP contribution in [0.5, 0.6) is 0 Å². The number of carbonyl (C=O) groups is 1. The van der Waals surface area contributed by atoms with Crippen molar-refractivity contribution in [3.8, 4) is 0 Å². The number of amides is 1. The number of halogens is 1. The van der Waals surface area contributed by atoms with E-state index in [0.29, 0.717) is 0 Å². The number of hydrogen-bond donors (Lipinski definition) is 1. The van der Waals surface area contributed by atoms with Crippen molar-refractivity contribution in [2.24, 2.45) is 0 Å². The Hall–Kier alpha value is -1.91. The van der Waals surface area contributed by atoms with Gasteiger partial charge in [0.15, 0.2) is 0 Å². The lowest BCUT2D eigenvalue weighted by Gasteiger charge is -2.31. The Bertz CT molecular complexity index is 689. The largest absolute Gasteiger partial charge is 0.329 e. The van der Waals surface area contributed by atoms with E-state index in [9.17, 15) is 4.79 Å². The van der Waals surface area contributed by atoms with Crippen LogP contribution in [0.2, 0.25) is 0 Å². The van der Waals surface area contributed by atoms with Crippen molar-refractivity contribution in [3.05, 3.63) is 76.3 Å². The van der Waals surface area contributed by atoms with Crippen molar-refractivity contribution in [1.29, 1.82) is 0 Å². The first-order valence-corrected chi connectivity index (χ1v) is 9.12. The van der Waals surface area contributed by atoms with Crippen LogP contribution in [0, 0.1) is 0 Å². The molecule has 1 aliphatic heterocycles. The monoisotopic (exact) mass is 385 g/mol. The molecular formula is C20H22BrN2O+. The highest BCUT2D eigenvalue weighted by Gasteiger charge is 2.23. The molecule has 0 spiro atoms. The van der Waals surface area contributed by atoms with Crippen LogP contribution < -0.4 is 4.90 Å². The fraction of sp³-hybridized carbons (Fsp3) is 0.250. The number of quaternary nitrogens is 1. The molecule has 0 atom stereocenters. The Labute approximate surface area is 151 Å². The highest BCUT2D eigenvalue weighted by atomic mass is 79.9. The van der Waals surface area contributed by atoms with Crippen molar-refractivity contribution >= 4 is 27.9 Å². The number of piperazine rings is 1. The average molecular weight is 386 g/mol. The van der Waals surface area contributed by atoms with Gasteiger partial charge in [-0.2, -0.15) is 0 Å². The summed E-state index contributed by atoms with van der Waals surface area (Å²) in [5.41, 5.74) is 2.01. The molecule has 1 aliphatic rings. The molecule has 0 aromatic heterocycles. The van der Waals surface area contributed by atoms with Gasteiger partial charge in [-0.15, -0.1) is 0 Å². The van der Waals surface area contributed by atoms with Gasteiger partial charge in [0.1, 0.15) is 0 Å². The maximum absolute atomic E-state index is 12.5. The zero-order chi connectivity index (χ0) is 16.8. The predicted molar refractivity (Wildman–Crippen MR) is 101 cm³/mol. The van der Waals surface area contributed by atoms with Crippen LogP contribution in [0.4, 0.5) is 0 Å². The van der Waals surface area contributed by atoms with E-state index in [2.05, 4.69) is 52.3 Å². The van der Waals surface area contributed by atoms with Crippen molar-refractivity contribution in [2.75, 3.05) is 32.7 Å². The quantitative estimate of drug-likeness (QED) is 0.858. The van der Waals surface area contributed by atoms with Crippen LogP contribution >= 0.6 is 15.9 Å². The maximum Gasteiger partial charge on any atom is 0.254 e. The molecule has 2 aromatic carbocycles. The lowest BCUT2D eigenvalue weighted by molar-refractivity contribution is -0.898. The third-order valence-electron chi connectivity index (χ3n) is 4.37. The molecule has 1 saturated heterocycles. The summed E-state index contributed by atoms with van der Waals surface area (Å²) in [4.78, 5) is 16.0. The zero-order valence-electron chi connectivity index (χ0n) is 13.6. The summed E-state index contributed by atoms with van der Waals surface area (Å²) in [6, 6.07) is 18.0. The van der Waals surface area contributed by atoms with Gasteiger partial charge in [0.2, 0.25) is 0 Å². The molecule has 3 rings (SSSR count). The van der Waals surface area contributed by atoms with Gasteiger partial charge in [-0.25, -0.2) is 0 Å². The minimum atomic E-state index is 0.140. The predicted octanol–water partition coefficient (Wildman–Crippen LogP) is 2.50. The topological polar surface area (TPSA) is 24.8 Å². The molecule has 124 valence electrons. The molecule has 1 heterocycles. The molecule has 0 radical (unpaired) electrons. The lowest BCUT2D eigenvalue weighted by atomic mass is 10.2. The Morgan fingerprint density at radius 2 is 1.71 bits per heavy atom. The van der Waals surface area contributed by atoms with E-state index < -0.39 is 0 Å². The summed E-state index contributed by atoms with van der Waals surface area (Å²) in [7, 11) is 0. The summed E-state index contributed by atoms with van der Waals surface area (Å²) in [6.45, 7) is 4.66. The van der Waals surface area contributed by atoms with Crippen molar-refractivity contribution in [3.63, 3.8) is 0 Å². The van der Waals surface area contributed by atoms with Gasteiger partial charge in [-0.05, 0) is 35.9 Å². The summed E-state index contributed by atoms with van der Waals surface area (Å²) < 4.78 is 0.999. The average Bonchev–Trinajstić information content (AvgIpc) is 2.63. The van der Waals surface area contributed by atoms with Gasteiger partial charge in [0.25, 0.3) is 5.91 Å². The second-order valence-electron chi connectivity index (χ2n) is 6.07. The number of hydrogen-bond acceptors (Lipinski definition) is 1. The van der Waals surface area contributed by atoms with Gasteiger partial charge in [0, 0.05) is 10.0 Å². The molecule has 1 fully saturated rings. The third kappa shape index (κ3) is 4.56. The molecule has 24 heavy (non-hydrogen) atoms. The molecule has 3 nitrogen and oxygen atoms in total. The summed E-state index contributed by atoms with van der Waals surface area (Å²) >= 11 is 3.40. The van der Waals surface area contributed by atoms with Crippen LogP contribution in [-0.2, 0) is 0 Å². The smallest absolute Gasteiger partial charge is 0.254 e. The highest BCUT2D eigenvalue weighted by Crippen LogP contribution is 2.12. The van der Waals surface area contributed by atoms with E-state index in [1.807, 2.05) is 35.2 Å². The first-order valence-electron chi connectivity index (χ1n) is 8.32. The number of nitrogens with one attached hydrogen (secondary N) is 1. The fourth-order valence-corrected chi connectivity index (χ4v) is 3.20. The second kappa shape index (κ2) is 8.27. The molecule has 0 saturated carbocycles. The second-order valence-corrected chi connectivity index (χ2v) is 6.98. The van der Waals surface area contributed by atoms with Gasteiger partial charge in [0.05, 0.1) is 32.7 Å². The summed E-state index contributed by atoms with van der Waals surface area (Å²) in [5.74, 6) is 0.140. The van der Waals surface area contributed by atoms with Crippen LogP contribution in [-0.4, -0.2) is 43.5 Å². The van der Waals surface area contributed by atoms with Gasteiger partial charge in [-0.3, -0.25) is 4.79 Å². The molecule has 0 aliphatic carbocycles. The first-order chi connectivity index (χ1) is 11.7. The van der Waals surface area contributed by atoms with Crippen molar-refractivity contribution in [1.82, 2.24) is 4.90 Å². The van der Waals surface area contributed by atoms with E-state index in [0.717, 1.165) is 42.8 Å². The summed E-state index contributed by atoms with van der Waals surface area (Å²) in [5, 5.41) is 0. The van der Waals surface area contributed by atoms with Gasteiger partial charge in [-0.1, -0.05) is 52.3 Å². The Morgan fingerprint density at radius 3 is 2.38 bits per heavy atom. The van der Waals surface area contributed by atoms with E-state index >= 15 is 0 Å². The molecule has 2 aromatic rings. The van der Waals surface area contributed by atoms with Crippen LogP contribution in [0.25, 0.3) is 6.08 Å². The highest BCUT2D eigenvalue weighted by molar-refractivity contribution is 9.10. The maximum atomic E-state index is 12.5. The minimum absolute atomic E-state index is 0.140. The molecule has 4 heteroatoms. The van der Waals surface area contributed by atoms with E-state index in [1.165, 1.54) is 10.5 Å². The molecule has 0 bridgehead atoms. The Morgan fingerprint density at radius 1 is 1.04 bits per heavy atom. The van der Waals surface area contributed by atoms with Crippen LogP contribution in [0.15, 0.2) is 65.1 Å². The third-order valence-corrected chi connectivity index (χ3v) is 4.89. The van der Waals surface area contributed by atoms with Crippen LogP contribution in [0.3, 0.4) is 0 Å². The SMILES string of the molecule is O=C(c1ccc(Br)cc1)N1CC[NH+](C/C=C/c2ccccc2)CC1. The van der Waals surface area contributed by atoms with E-state index in [1.54, 1.807) is 0 Å². The van der Waals surface area contributed by atoms with Crippen LogP contribution in [0.1, 0.15) is 15.9 Å². The normalized spacial score (nSPS) is 15.8. The molecular weight excluding hydrogens is 364 g/mol. The molecule has 1 N–H and O–H groups in total. The molecule has 0 unspecified atom stereocenters. The Kier molecular flexibility index (Phi) is 5.83. The Balaban J connectivity index is 1.48. The first kappa shape index (κ1) is 16.9. The van der Waals surface area contributed by atoms with Gasteiger partial charge < -0.3 is 9.80 Å². The van der Waals surface area contributed by atoms with E-state index in [4.69, 9.17) is 0 Å². The lowest BCUT2D eigenvalue weighted by Crippen LogP contribution is -3.14. The zero-order valence-corrected chi connectivity index (χ0v) is 15.2.